The van der Waals surface area contributed by atoms with Gasteiger partial charge in [0.05, 0.1) is 11.1 Å². The Morgan fingerprint density at radius 2 is 1.95 bits per heavy atom. The van der Waals surface area contributed by atoms with Crippen LogP contribution in [0.4, 0.5) is 11.6 Å². The van der Waals surface area contributed by atoms with E-state index in [1.807, 2.05) is 31.3 Å². The Hall–Kier alpha value is -3.74. The molecule has 0 atom stereocenters. The maximum absolute atomic E-state index is 12.4. The van der Waals surface area contributed by atoms with Gasteiger partial charge in [0.2, 0.25) is 6.73 Å². The zero-order valence-corrected chi connectivity index (χ0v) is 21.6. The van der Waals surface area contributed by atoms with Crippen LogP contribution in [0.2, 0.25) is 0 Å². The second kappa shape index (κ2) is 11.5. The lowest BCUT2D eigenvalue weighted by Crippen LogP contribution is -2.33. The first-order chi connectivity index (χ1) is 17.8. The molecule has 13 heteroatoms. The number of aliphatic hydroxyl groups excluding tert-OH is 1. The maximum Gasteiger partial charge on any atom is 0.261 e. The minimum Gasteiger partial charge on any atom is -0.368 e. The highest BCUT2D eigenvalue weighted by molar-refractivity contribution is 8.13. The molecule has 0 fully saturated rings. The summed E-state index contributed by atoms with van der Waals surface area (Å²) in [5.41, 5.74) is 3.04. The van der Waals surface area contributed by atoms with E-state index in [1.165, 1.54) is 24.3 Å². The second-order valence-corrected chi connectivity index (χ2v) is 10.7. The van der Waals surface area contributed by atoms with Crippen molar-refractivity contribution in [1.82, 2.24) is 19.9 Å². The van der Waals surface area contributed by atoms with Crippen molar-refractivity contribution in [2.24, 2.45) is 0 Å². The first kappa shape index (κ1) is 26.3. The number of carbonyl (C=O) groups excluding carboxylic acids is 1. The van der Waals surface area contributed by atoms with E-state index in [1.54, 1.807) is 21.5 Å². The molecule has 0 radical (unpaired) electrons. The number of aliphatic hydroxyl groups is 1. The molecule has 4 N–H and O–H groups in total. The zero-order valence-electron chi connectivity index (χ0n) is 20.1. The van der Waals surface area contributed by atoms with Crippen LogP contribution in [-0.2, 0) is 28.7 Å². The van der Waals surface area contributed by atoms with Crippen molar-refractivity contribution < 1.29 is 22.9 Å². The molecule has 4 aromatic rings. The first-order valence-electron chi connectivity index (χ1n) is 11.6. The third-order valence-electron chi connectivity index (χ3n) is 5.60. The predicted molar refractivity (Wildman–Crippen MR) is 139 cm³/mol. The van der Waals surface area contributed by atoms with Gasteiger partial charge in [0.25, 0.3) is 15.0 Å². The van der Waals surface area contributed by atoms with E-state index in [4.69, 9.17) is 10.7 Å². The molecule has 3 heterocycles. The summed E-state index contributed by atoms with van der Waals surface area (Å²) in [5, 5.41) is 23.2. The van der Waals surface area contributed by atoms with Gasteiger partial charge in [0.15, 0.2) is 18.0 Å². The van der Waals surface area contributed by atoms with E-state index in [0.717, 1.165) is 29.0 Å². The number of nitrogens with one attached hydrogen (secondary N) is 3. The molecule has 0 unspecified atom stereocenters. The summed E-state index contributed by atoms with van der Waals surface area (Å²) in [4.78, 5) is 17.0. The molecule has 0 aliphatic heterocycles. The number of pyridine rings is 1. The van der Waals surface area contributed by atoms with Crippen LogP contribution in [0.25, 0.3) is 5.65 Å². The third-order valence-corrected chi connectivity index (χ3v) is 6.97. The number of hydrogen-bond acceptors (Lipinski definition) is 8. The molecule has 1 aromatic carbocycles. The van der Waals surface area contributed by atoms with Crippen LogP contribution < -0.4 is 20.5 Å². The minimum atomic E-state index is -3.84. The number of nitrogens with zero attached hydrogens (tertiary/aromatic N) is 4. The highest BCUT2D eigenvalue weighted by atomic mass is 35.7. The monoisotopic (exact) mass is 544 g/mol. The third kappa shape index (κ3) is 6.53. The highest BCUT2D eigenvalue weighted by Gasteiger charge is 2.13. The van der Waals surface area contributed by atoms with Gasteiger partial charge < -0.3 is 21.1 Å². The summed E-state index contributed by atoms with van der Waals surface area (Å²) < 4.78 is 26.1. The van der Waals surface area contributed by atoms with Gasteiger partial charge in [-0.1, -0.05) is 6.92 Å². The Morgan fingerprint density at radius 1 is 1.16 bits per heavy atom. The lowest BCUT2D eigenvalue weighted by Gasteiger charge is -2.12. The van der Waals surface area contributed by atoms with Gasteiger partial charge in [-0.05, 0) is 36.8 Å². The van der Waals surface area contributed by atoms with E-state index in [2.05, 4.69) is 26.0 Å². The fourth-order valence-electron chi connectivity index (χ4n) is 3.67. The molecule has 0 saturated heterocycles. The van der Waals surface area contributed by atoms with Gasteiger partial charge in [0, 0.05) is 59.1 Å². The van der Waals surface area contributed by atoms with Crippen molar-refractivity contribution in [3.05, 3.63) is 77.7 Å². The van der Waals surface area contributed by atoms with Crippen LogP contribution in [0, 0.1) is 0 Å². The Balaban J connectivity index is 1.41. The molecular formula is C24H27ClN7O4S+. The summed E-state index contributed by atoms with van der Waals surface area (Å²) in [5.74, 6) is 1.03. The molecule has 0 bridgehead atoms. The number of halogens is 1. The molecule has 3 aromatic heterocycles. The van der Waals surface area contributed by atoms with Crippen LogP contribution in [0.5, 0.6) is 0 Å². The van der Waals surface area contributed by atoms with Gasteiger partial charge in [-0.3, -0.25) is 4.79 Å². The number of anilines is 2. The highest BCUT2D eigenvalue weighted by Crippen LogP contribution is 2.20. The van der Waals surface area contributed by atoms with Gasteiger partial charge in [-0.15, -0.1) is 0 Å². The van der Waals surface area contributed by atoms with Gasteiger partial charge in [-0.25, -0.2) is 13.4 Å². The number of benzene rings is 1. The average Bonchev–Trinajstić information content (AvgIpc) is 3.32. The normalized spacial score (nSPS) is 11.4. The quantitative estimate of drug-likeness (QED) is 0.127. The number of aromatic nitrogens is 4. The summed E-state index contributed by atoms with van der Waals surface area (Å²) in [6, 6.07) is 11.1. The Kier molecular flexibility index (Phi) is 8.21. The molecule has 194 valence electrons. The Labute approximate surface area is 218 Å². The van der Waals surface area contributed by atoms with Crippen LogP contribution in [0.15, 0.2) is 66.0 Å². The van der Waals surface area contributed by atoms with E-state index in [9.17, 15) is 18.3 Å². The minimum absolute atomic E-state index is 0.0653. The second-order valence-electron chi connectivity index (χ2n) is 8.15. The first-order valence-corrected chi connectivity index (χ1v) is 13.9. The lowest BCUT2D eigenvalue weighted by molar-refractivity contribution is -0.730. The smallest absolute Gasteiger partial charge is 0.261 e. The molecule has 0 aliphatic carbocycles. The fraction of sp³-hybridized carbons (Fsp3) is 0.250. The maximum atomic E-state index is 12.4. The van der Waals surface area contributed by atoms with Crippen molar-refractivity contribution in [2.45, 2.75) is 31.5 Å². The van der Waals surface area contributed by atoms with Crippen molar-refractivity contribution in [3.63, 3.8) is 0 Å². The van der Waals surface area contributed by atoms with E-state index >= 15 is 0 Å². The molecule has 11 nitrogen and oxygen atoms in total. The van der Waals surface area contributed by atoms with E-state index in [-0.39, 0.29) is 17.5 Å². The number of hydrogen-bond donors (Lipinski definition) is 4. The van der Waals surface area contributed by atoms with Crippen LogP contribution in [0.3, 0.4) is 0 Å². The largest absolute Gasteiger partial charge is 0.368 e. The van der Waals surface area contributed by atoms with E-state index in [0.29, 0.717) is 31.0 Å². The lowest BCUT2D eigenvalue weighted by atomic mass is 10.2. The molecule has 0 aliphatic rings. The van der Waals surface area contributed by atoms with Crippen molar-refractivity contribution in [3.8, 4) is 0 Å². The standard InChI is InChI=1S/C24H26ClN7O4S/c1-2-18-14-29-32-22(28-13-17-4-3-11-31(15-17)16-33)12-21(30-23(18)32)26-9-10-27-24(34)19-5-7-20(8-6-19)37(25,35)36/h3-8,11-12,14-15,33H,2,9-10,13,16H2,1H3,(H2-,26,27,28,29,30,34)/p+1. The summed E-state index contributed by atoms with van der Waals surface area (Å²) in [6.45, 7) is 3.18. The number of rotatable bonds is 11. The molecule has 1 amide bonds. The number of carbonyl (C=O) groups is 1. The van der Waals surface area contributed by atoms with Crippen LogP contribution in [-0.4, -0.2) is 47.1 Å². The van der Waals surface area contributed by atoms with E-state index < -0.39 is 9.05 Å². The van der Waals surface area contributed by atoms with Gasteiger partial charge in [0.1, 0.15) is 11.6 Å². The van der Waals surface area contributed by atoms with Gasteiger partial charge >= 0.3 is 0 Å². The molecule has 0 saturated carbocycles. The van der Waals surface area contributed by atoms with Gasteiger partial charge in [-0.2, -0.15) is 14.2 Å². The van der Waals surface area contributed by atoms with Crippen LogP contribution in [0.1, 0.15) is 28.4 Å². The zero-order chi connectivity index (χ0) is 26.4. The SMILES string of the molecule is CCc1cnn2c(NCc3ccc[n+](CO)c3)cc(NCCNC(=O)c3ccc(S(=O)(=O)Cl)cc3)nc12. The van der Waals surface area contributed by atoms with Crippen LogP contribution >= 0.6 is 10.7 Å². The molecule has 4 rings (SSSR count). The molecule has 37 heavy (non-hydrogen) atoms. The Morgan fingerprint density at radius 3 is 2.65 bits per heavy atom. The number of aryl methyl sites for hydroxylation is 1. The summed E-state index contributed by atoms with van der Waals surface area (Å²) in [6.07, 6.45) is 6.21. The number of fused-ring (bicyclic) bond motifs is 1. The molecule has 0 spiro atoms. The summed E-state index contributed by atoms with van der Waals surface area (Å²) in [7, 11) is 1.47. The topological polar surface area (TPSA) is 142 Å². The fourth-order valence-corrected chi connectivity index (χ4v) is 4.44. The molecular weight excluding hydrogens is 518 g/mol. The average molecular weight is 545 g/mol. The summed E-state index contributed by atoms with van der Waals surface area (Å²) >= 11 is 0. The number of amides is 1. The van der Waals surface area contributed by atoms with Crippen molar-refractivity contribution >= 4 is 42.9 Å². The Bertz CT molecular complexity index is 1510. The van der Waals surface area contributed by atoms with Crippen molar-refractivity contribution in [2.75, 3.05) is 23.7 Å². The predicted octanol–water partition coefficient (Wildman–Crippen LogP) is 1.91. The van der Waals surface area contributed by atoms with Crippen molar-refractivity contribution in [1.29, 1.82) is 0 Å².